The van der Waals surface area contributed by atoms with Crippen LogP contribution in [0.5, 0.6) is 5.75 Å². The highest BCUT2D eigenvalue weighted by Gasteiger charge is 2.09. The van der Waals surface area contributed by atoms with Crippen LogP contribution in [0.4, 0.5) is 5.69 Å². The van der Waals surface area contributed by atoms with Gasteiger partial charge in [0.15, 0.2) is 0 Å². The third-order valence-corrected chi connectivity index (χ3v) is 3.90. The normalized spacial score (nSPS) is 10.8. The van der Waals surface area contributed by atoms with Crippen molar-refractivity contribution in [1.82, 2.24) is 4.98 Å². The third-order valence-electron chi connectivity index (χ3n) is 3.19. The fourth-order valence-electron chi connectivity index (χ4n) is 2.11. The number of pyridine rings is 1. The second-order valence-corrected chi connectivity index (χ2v) is 5.36. The molecule has 0 saturated heterocycles. The first-order valence-electron chi connectivity index (χ1n) is 6.35. The molecule has 0 fully saturated rings. The van der Waals surface area contributed by atoms with Crippen LogP contribution in [0, 0.1) is 0 Å². The van der Waals surface area contributed by atoms with Gasteiger partial charge in [0, 0.05) is 27.2 Å². The predicted molar refractivity (Wildman–Crippen MR) is 86.9 cm³/mol. The molecule has 5 heteroatoms. The zero-order chi connectivity index (χ0) is 14.8. The molecule has 0 spiro atoms. The standard InChI is InChI=1S/C16H12Cl2N2O/c17-12-4-1-5-13(18)11(12)9-21-15-7-6-14(19)16-10(15)3-2-8-20-16/h1-8H,9,19H2. The Morgan fingerprint density at radius 1 is 1.00 bits per heavy atom. The number of hydrogen-bond donors (Lipinski definition) is 1. The Morgan fingerprint density at radius 3 is 2.52 bits per heavy atom. The van der Waals surface area contributed by atoms with Crippen molar-refractivity contribution in [1.29, 1.82) is 0 Å². The summed E-state index contributed by atoms with van der Waals surface area (Å²) in [5.74, 6) is 0.697. The largest absolute Gasteiger partial charge is 0.488 e. The maximum atomic E-state index is 6.14. The van der Waals surface area contributed by atoms with E-state index in [-0.39, 0.29) is 6.61 Å². The summed E-state index contributed by atoms with van der Waals surface area (Å²) in [5, 5.41) is 2.03. The van der Waals surface area contributed by atoms with Gasteiger partial charge in [-0.1, -0.05) is 29.3 Å². The van der Waals surface area contributed by atoms with Crippen molar-refractivity contribution in [3.8, 4) is 5.75 Å². The molecule has 2 aromatic carbocycles. The lowest BCUT2D eigenvalue weighted by atomic mass is 10.1. The van der Waals surface area contributed by atoms with Gasteiger partial charge in [0.2, 0.25) is 0 Å². The molecule has 0 radical (unpaired) electrons. The van der Waals surface area contributed by atoms with E-state index in [0.29, 0.717) is 21.5 Å². The summed E-state index contributed by atoms with van der Waals surface area (Å²) in [6.45, 7) is 0.284. The summed E-state index contributed by atoms with van der Waals surface area (Å²) in [5.41, 5.74) is 8.02. The first-order chi connectivity index (χ1) is 10.2. The van der Waals surface area contributed by atoms with Crippen molar-refractivity contribution in [3.63, 3.8) is 0 Å². The molecule has 1 aromatic heterocycles. The summed E-state index contributed by atoms with van der Waals surface area (Å²) in [4.78, 5) is 4.27. The van der Waals surface area contributed by atoms with Gasteiger partial charge in [-0.05, 0) is 36.4 Å². The maximum absolute atomic E-state index is 6.14. The molecule has 0 saturated carbocycles. The molecular formula is C16H12Cl2N2O. The zero-order valence-electron chi connectivity index (χ0n) is 11.0. The highest BCUT2D eigenvalue weighted by Crippen LogP contribution is 2.31. The lowest BCUT2D eigenvalue weighted by molar-refractivity contribution is 0.310. The van der Waals surface area contributed by atoms with E-state index in [9.17, 15) is 0 Å². The number of hydrogen-bond acceptors (Lipinski definition) is 3. The number of anilines is 1. The average molecular weight is 319 g/mol. The summed E-state index contributed by atoms with van der Waals surface area (Å²) in [6.07, 6.45) is 1.70. The predicted octanol–water partition coefficient (Wildman–Crippen LogP) is 4.70. The Labute approximate surface area is 132 Å². The van der Waals surface area contributed by atoms with E-state index >= 15 is 0 Å². The van der Waals surface area contributed by atoms with Crippen LogP contribution in [0.1, 0.15) is 5.56 Å². The van der Waals surface area contributed by atoms with Crippen LogP contribution in [-0.4, -0.2) is 4.98 Å². The van der Waals surface area contributed by atoms with Crippen molar-refractivity contribution < 1.29 is 4.74 Å². The van der Waals surface area contributed by atoms with E-state index in [4.69, 9.17) is 33.7 Å². The number of rotatable bonds is 3. The Bertz CT molecular complexity index is 785. The van der Waals surface area contributed by atoms with Crippen molar-refractivity contribution in [2.45, 2.75) is 6.61 Å². The molecule has 0 atom stereocenters. The van der Waals surface area contributed by atoms with Crippen molar-refractivity contribution >= 4 is 39.8 Å². The second kappa shape index (κ2) is 5.80. The van der Waals surface area contributed by atoms with Gasteiger partial charge in [-0.3, -0.25) is 4.98 Å². The molecule has 0 aliphatic rings. The Balaban J connectivity index is 1.94. The van der Waals surface area contributed by atoms with E-state index in [1.165, 1.54) is 0 Å². The fourth-order valence-corrected chi connectivity index (χ4v) is 2.62. The molecule has 0 unspecified atom stereocenters. The number of fused-ring (bicyclic) bond motifs is 1. The average Bonchev–Trinajstić information content (AvgIpc) is 2.49. The molecule has 0 aliphatic heterocycles. The van der Waals surface area contributed by atoms with Gasteiger partial charge in [0.05, 0.1) is 11.2 Å². The molecule has 21 heavy (non-hydrogen) atoms. The SMILES string of the molecule is Nc1ccc(OCc2c(Cl)cccc2Cl)c2cccnc12. The topological polar surface area (TPSA) is 48.1 Å². The Kier molecular flexibility index (Phi) is 3.86. The molecule has 0 amide bonds. The minimum atomic E-state index is 0.284. The van der Waals surface area contributed by atoms with Gasteiger partial charge in [-0.25, -0.2) is 0 Å². The Morgan fingerprint density at radius 2 is 1.76 bits per heavy atom. The molecule has 1 heterocycles. The number of nitrogen functional groups attached to an aromatic ring is 1. The van der Waals surface area contributed by atoms with Gasteiger partial charge in [0.25, 0.3) is 0 Å². The molecule has 2 N–H and O–H groups in total. The fraction of sp³-hybridized carbons (Fsp3) is 0.0625. The van der Waals surface area contributed by atoms with Crippen LogP contribution in [0.2, 0.25) is 10.0 Å². The van der Waals surface area contributed by atoms with Gasteiger partial charge in [-0.15, -0.1) is 0 Å². The van der Waals surface area contributed by atoms with Gasteiger partial charge in [0.1, 0.15) is 12.4 Å². The summed E-state index contributed by atoms with van der Waals surface area (Å²) in [6, 6.07) is 12.7. The highest BCUT2D eigenvalue weighted by molar-refractivity contribution is 6.35. The molecule has 0 aliphatic carbocycles. The summed E-state index contributed by atoms with van der Waals surface area (Å²) < 4.78 is 5.86. The number of benzene rings is 2. The third kappa shape index (κ3) is 2.75. The van der Waals surface area contributed by atoms with Crippen LogP contribution >= 0.6 is 23.2 Å². The molecule has 3 nitrogen and oxygen atoms in total. The number of nitrogens with two attached hydrogens (primary N) is 1. The monoisotopic (exact) mass is 318 g/mol. The highest BCUT2D eigenvalue weighted by atomic mass is 35.5. The van der Waals surface area contributed by atoms with E-state index in [1.54, 1.807) is 30.5 Å². The Hall–Kier alpha value is -1.97. The second-order valence-electron chi connectivity index (χ2n) is 4.54. The van der Waals surface area contributed by atoms with E-state index in [1.807, 2.05) is 18.2 Å². The van der Waals surface area contributed by atoms with E-state index in [0.717, 1.165) is 16.5 Å². The van der Waals surface area contributed by atoms with E-state index in [2.05, 4.69) is 4.98 Å². The minimum absolute atomic E-state index is 0.284. The van der Waals surface area contributed by atoms with Gasteiger partial charge >= 0.3 is 0 Å². The molecule has 106 valence electrons. The van der Waals surface area contributed by atoms with E-state index < -0.39 is 0 Å². The van der Waals surface area contributed by atoms with Crippen LogP contribution in [0.3, 0.4) is 0 Å². The summed E-state index contributed by atoms with van der Waals surface area (Å²) in [7, 11) is 0. The van der Waals surface area contributed by atoms with Crippen LogP contribution in [0.25, 0.3) is 10.9 Å². The number of ether oxygens (including phenoxy) is 1. The smallest absolute Gasteiger partial charge is 0.129 e. The number of nitrogens with zero attached hydrogens (tertiary/aromatic N) is 1. The lowest BCUT2D eigenvalue weighted by Gasteiger charge is -2.12. The molecule has 0 bridgehead atoms. The molecular weight excluding hydrogens is 307 g/mol. The van der Waals surface area contributed by atoms with Crippen molar-refractivity contribution in [3.05, 3.63) is 64.3 Å². The van der Waals surface area contributed by atoms with Crippen LogP contribution in [0.15, 0.2) is 48.7 Å². The van der Waals surface area contributed by atoms with Crippen molar-refractivity contribution in [2.75, 3.05) is 5.73 Å². The van der Waals surface area contributed by atoms with Gasteiger partial charge in [-0.2, -0.15) is 0 Å². The maximum Gasteiger partial charge on any atom is 0.129 e. The minimum Gasteiger partial charge on any atom is -0.488 e. The van der Waals surface area contributed by atoms with Gasteiger partial charge < -0.3 is 10.5 Å². The number of halogens is 2. The zero-order valence-corrected chi connectivity index (χ0v) is 12.5. The lowest BCUT2D eigenvalue weighted by Crippen LogP contribution is -1.99. The summed E-state index contributed by atoms with van der Waals surface area (Å²) >= 11 is 12.3. The quantitative estimate of drug-likeness (QED) is 0.712. The number of aromatic nitrogens is 1. The molecule has 3 aromatic rings. The first kappa shape index (κ1) is 14.0. The van der Waals surface area contributed by atoms with Crippen LogP contribution < -0.4 is 10.5 Å². The first-order valence-corrected chi connectivity index (χ1v) is 7.11. The van der Waals surface area contributed by atoms with Crippen molar-refractivity contribution in [2.24, 2.45) is 0 Å². The van der Waals surface area contributed by atoms with Crippen LogP contribution in [-0.2, 0) is 6.61 Å². The molecule has 3 rings (SSSR count).